The second-order valence-corrected chi connectivity index (χ2v) is 13.7. The van der Waals surface area contributed by atoms with Crippen molar-refractivity contribution < 1.29 is 21.9 Å². The van der Waals surface area contributed by atoms with E-state index in [9.17, 15) is 21.9 Å². The summed E-state index contributed by atoms with van der Waals surface area (Å²) in [5, 5.41) is 9.88. The van der Waals surface area contributed by atoms with Crippen molar-refractivity contribution in [1.29, 1.82) is 0 Å². The van der Waals surface area contributed by atoms with Gasteiger partial charge in [0.05, 0.1) is 22.4 Å². The largest absolute Gasteiger partial charge is 0.388 e. The van der Waals surface area contributed by atoms with Crippen molar-refractivity contribution in [3.8, 4) is 0 Å². The molecule has 10 heteroatoms. The molecule has 4 rings (SSSR count). The number of rotatable bonds is 7. The average Bonchev–Trinajstić information content (AvgIpc) is 3.43. The molecular weight excluding hydrogens is 468 g/mol. The Morgan fingerprint density at radius 3 is 2.38 bits per heavy atom. The van der Waals surface area contributed by atoms with Crippen LogP contribution >= 0.6 is 11.3 Å². The van der Waals surface area contributed by atoms with E-state index in [4.69, 9.17) is 0 Å². The zero-order valence-electron chi connectivity index (χ0n) is 18.2. The van der Waals surface area contributed by atoms with Gasteiger partial charge in [0.15, 0.2) is 0 Å². The van der Waals surface area contributed by atoms with Gasteiger partial charge in [0.2, 0.25) is 20.0 Å². The quantitative estimate of drug-likeness (QED) is 0.608. The van der Waals surface area contributed by atoms with Gasteiger partial charge in [-0.15, -0.1) is 11.3 Å². The minimum Gasteiger partial charge on any atom is -0.388 e. The molecule has 0 amide bonds. The van der Waals surface area contributed by atoms with E-state index in [0.717, 1.165) is 41.9 Å². The number of nitrogens with one attached hydrogen (secondary N) is 1. The monoisotopic (exact) mass is 498 g/mol. The summed E-state index contributed by atoms with van der Waals surface area (Å²) in [7, 11) is -7.08. The summed E-state index contributed by atoms with van der Waals surface area (Å²) in [5.74, 6) is 0.121. The SMILES string of the molecule is CC(O)c1ccc(C2(CNS(=O)(=O)c3ccc(N4CCCCS4(=O)=O)cc3)CCCC2)s1. The predicted molar refractivity (Wildman–Crippen MR) is 127 cm³/mol. The minimum atomic E-state index is -3.74. The van der Waals surface area contributed by atoms with Crippen LogP contribution in [-0.4, -0.2) is 40.8 Å². The van der Waals surface area contributed by atoms with E-state index in [2.05, 4.69) is 4.72 Å². The summed E-state index contributed by atoms with van der Waals surface area (Å²) in [4.78, 5) is 2.12. The van der Waals surface area contributed by atoms with Gasteiger partial charge in [0, 0.05) is 28.3 Å². The Morgan fingerprint density at radius 1 is 1.09 bits per heavy atom. The van der Waals surface area contributed by atoms with Gasteiger partial charge >= 0.3 is 0 Å². The lowest BCUT2D eigenvalue weighted by Crippen LogP contribution is -2.39. The van der Waals surface area contributed by atoms with Gasteiger partial charge in [-0.3, -0.25) is 4.31 Å². The molecule has 2 aromatic rings. The van der Waals surface area contributed by atoms with Gasteiger partial charge in [-0.25, -0.2) is 21.6 Å². The molecule has 176 valence electrons. The molecule has 2 N–H and O–H groups in total. The molecule has 1 saturated heterocycles. The molecule has 1 saturated carbocycles. The smallest absolute Gasteiger partial charge is 0.240 e. The Bertz CT molecular complexity index is 1150. The van der Waals surface area contributed by atoms with Gasteiger partial charge in [0.1, 0.15) is 0 Å². The van der Waals surface area contributed by atoms with E-state index in [-0.39, 0.29) is 16.1 Å². The Balaban J connectivity index is 1.51. The predicted octanol–water partition coefficient (Wildman–Crippen LogP) is 3.52. The molecular formula is C22H30N2O5S3. The molecule has 0 radical (unpaired) electrons. The average molecular weight is 499 g/mol. The second-order valence-electron chi connectivity index (χ2n) is 8.78. The Kier molecular flexibility index (Phi) is 6.71. The first kappa shape index (κ1) is 23.7. The number of hydrogen-bond donors (Lipinski definition) is 2. The molecule has 32 heavy (non-hydrogen) atoms. The summed E-state index contributed by atoms with van der Waals surface area (Å²) in [6, 6.07) is 10.0. The molecule has 7 nitrogen and oxygen atoms in total. The van der Waals surface area contributed by atoms with Crippen molar-refractivity contribution in [1.82, 2.24) is 4.72 Å². The first-order valence-electron chi connectivity index (χ1n) is 11.0. The van der Waals surface area contributed by atoms with Crippen LogP contribution in [-0.2, 0) is 25.5 Å². The number of nitrogens with zero attached hydrogens (tertiary/aromatic N) is 1. The van der Waals surface area contributed by atoms with Crippen LogP contribution in [0, 0.1) is 0 Å². The molecule has 1 aromatic heterocycles. The van der Waals surface area contributed by atoms with Crippen LogP contribution in [0.25, 0.3) is 0 Å². The zero-order chi connectivity index (χ0) is 23.0. The highest BCUT2D eigenvalue weighted by Crippen LogP contribution is 2.44. The Morgan fingerprint density at radius 2 is 1.78 bits per heavy atom. The molecule has 2 heterocycles. The summed E-state index contributed by atoms with van der Waals surface area (Å²) in [6.07, 6.45) is 4.81. The van der Waals surface area contributed by atoms with E-state index in [1.54, 1.807) is 30.4 Å². The number of benzene rings is 1. The van der Waals surface area contributed by atoms with Gasteiger partial charge in [-0.2, -0.15) is 0 Å². The van der Waals surface area contributed by atoms with Crippen LogP contribution < -0.4 is 9.03 Å². The lowest BCUT2D eigenvalue weighted by atomic mass is 9.85. The number of aliphatic hydroxyl groups is 1. The zero-order valence-corrected chi connectivity index (χ0v) is 20.6. The van der Waals surface area contributed by atoms with E-state index in [0.29, 0.717) is 25.2 Å². The van der Waals surface area contributed by atoms with Gasteiger partial charge in [0.25, 0.3) is 0 Å². The van der Waals surface area contributed by atoms with Crippen molar-refractivity contribution in [2.45, 2.75) is 61.9 Å². The van der Waals surface area contributed by atoms with Crippen LogP contribution in [0.15, 0.2) is 41.3 Å². The first-order valence-corrected chi connectivity index (χ1v) is 14.9. The van der Waals surface area contributed by atoms with Crippen molar-refractivity contribution in [3.63, 3.8) is 0 Å². The first-order chi connectivity index (χ1) is 15.1. The number of thiophene rings is 1. The molecule has 1 aliphatic heterocycles. The highest BCUT2D eigenvalue weighted by Gasteiger charge is 2.38. The van der Waals surface area contributed by atoms with Crippen LogP contribution in [0.4, 0.5) is 5.69 Å². The van der Waals surface area contributed by atoms with Gasteiger partial charge in [-0.05, 0) is 69.0 Å². The second kappa shape index (κ2) is 9.06. The molecule has 1 aliphatic carbocycles. The summed E-state index contributed by atoms with van der Waals surface area (Å²) in [6.45, 7) is 2.46. The third-order valence-electron chi connectivity index (χ3n) is 6.51. The van der Waals surface area contributed by atoms with Crippen LogP contribution in [0.1, 0.15) is 61.3 Å². The van der Waals surface area contributed by atoms with Crippen LogP contribution in [0.3, 0.4) is 0 Å². The van der Waals surface area contributed by atoms with E-state index in [1.165, 1.54) is 16.4 Å². The van der Waals surface area contributed by atoms with Crippen LogP contribution in [0.5, 0.6) is 0 Å². The lowest BCUT2D eigenvalue weighted by molar-refractivity contribution is 0.203. The van der Waals surface area contributed by atoms with Gasteiger partial charge < -0.3 is 5.11 Å². The van der Waals surface area contributed by atoms with Crippen molar-refractivity contribution in [3.05, 3.63) is 46.2 Å². The fourth-order valence-electron chi connectivity index (χ4n) is 4.61. The van der Waals surface area contributed by atoms with Crippen molar-refractivity contribution in [2.24, 2.45) is 0 Å². The fourth-order valence-corrected chi connectivity index (χ4v) is 8.57. The maximum absolute atomic E-state index is 13.0. The third-order valence-corrected chi connectivity index (χ3v) is 11.3. The van der Waals surface area contributed by atoms with Gasteiger partial charge in [-0.1, -0.05) is 12.8 Å². The standard InChI is InChI=1S/C22H30N2O5S3/c1-17(25)20-10-11-21(30-20)22(12-2-3-13-22)16-23-32(28,29)19-8-6-18(7-9-19)24-14-4-5-15-31(24,26)27/h6-11,17,23,25H,2-5,12-16H2,1H3. The highest BCUT2D eigenvalue weighted by molar-refractivity contribution is 7.92. The van der Waals surface area contributed by atoms with Crippen LogP contribution in [0.2, 0.25) is 0 Å². The normalized spacial score (nSPS) is 21.5. The number of hydrogen-bond acceptors (Lipinski definition) is 6. The number of anilines is 1. The highest BCUT2D eigenvalue weighted by atomic mass is 32.2. The van der Waals surface area contributed by atoms with E-state index in [1.807, 2.05) is 12.1 Å². The maximum Gasteiger partial charge on any atom is 0.240 e. The molecule has 2 fully saturated rings. The topological polar surface area (TPSA) is 104 Å². The molecule has 1 unspecified atom stereocenters. The Hall–Kier alpha value is -1.46. The van der Waals surface area contributed by atoms with Crippen molar-refractivity contribution >= 4 is 37.1 Å². The van der Waals surface area contributed by atoms with Crippen molar-refractivity contribution in [2.75, 3.05) is 23.1 Å². The number of sulfonamides is 2. The number of aliphatic hydroxyl groups excluding tert-OH is 1. The van der Waals surface area contributed by atoms with E-state index < -0.39 is 26.2 Å². The fraction of sp³-hybridized carbons (Fsp3) is 0.545. The minimum absolute atomic E-state index is 0.121. The van der Waals surface area contributed by atoms with E-state index >= 15 is 0 Å². The summed E-state index contributed by atoms with van der Waals surface area (Å²) < 4.78 is 54.8. The molecule has 0 spiro atoms. The molecule has 1 atom stereocenters. The molecule has 1 aromatic carbocycles. The Labute approximate surface area is 194 Å². The summed E-state index contributed by atoms with van der Waals surface area (Å²) >= 11 is 1.55. The third kappa shape index (κ3) is 4.75. The summed E-state index contributed by atoms with van der Waals surface area (Å²) in [5.41, 5.74) is 0.243. The maximum atomic E-state index is 13.0. The lowest BCUT2D eigenvalue weighted by Gasteiger charge is -2.29. The molecule has 0 bridgehead atoms. The molecule has 2 aliphatic rings.